The van der Waals surface area contributed by atoms with E-state index in [2.05, 4.69) is 19.6 Å². The lowest BCUT2D eigenvalue weighted by Crippen LogP contribution is -1.95. The molecule has 82 valence electrons. The third-order valence-electron chi connectivity index (χ3n) is 2.35. The van der Waals surface area contributed by atoms with Crippen molar-refractivity contribution in [2.45, 2.75) is 26.2 Å². The smallest absolute Gasteiger partial charge is 0.137 e. The Morgan fingerprint density at radius 3 is 2.80 bits per heavy atom. The van der Waals surface area contributed by atoms with Gasteiger partial charge >= 0.3 is 0 Å². The van der Waals surface area contributed by atoms with Crippen molar-refractivity contribution in [2.24, 2.45) is 0 Å². The molecule has 0 heterocycles. The third-order valence-corrected chi connectivity index (χ3v) is 2.64. The summed E-state index contributed by atoms with van der Waals surface area (Å²) in [5.74, 6) is 1.21. The largest absolute Gasteiger partial charge is 0.492 e. The molecule has 0 amide bonds. The predicted molar refractivity (Wildman–Crippen MR) is 65.9 cm³/mol. The lowest BCUT2D eigenvalue weighted by molar-refractivity contribution is 0.340. The fourth-order valence-electron chi connectivity index (χ4n) is 1.48. The number of halogens is 1. The average molecular weight is 225 g/mol. The van der Waals surface area contributed by atoms with Crippen LogP contribution in [0.1, 0.15) is 31.7 Å². The van der Waals surface area contributed by atoms with Gasteiger partial charge < -0.3 is 4.74 Å². The van der Waals surface area contributed by atoms with Gasteiger partial charge in [0.15, 0.2) is 0 Å². The van der Waals surface area contributed by atoms with Crippen LogP contribution in [-0.4, -0.2) is 6.61 Å². The summed E-state index contributed by atoms with van der Waals surface area (Å²) < 4.78 is 5.38. The van der Waals surface area contributed by atoms with Gasteiger partial charge in [0.05, 0.1) is 11.6 Å². The molecule has 0 bridgehead atoms. The van der Waals surface area contributed by atoms with E-state index in [1.54, 1.807) is 0 Å². The lowest BCUT2D eigenvalue weighted by atomic mass is 9.98. The zero-order valence-electron chi connectivity index (χ0n) is 9.29. The summed E-state index contributed by atoms with van der Waals surface area (Å²) in [4.78, 5) is 0. The first-order valence-electron chi connectivity index (χ1n) is 5.22. The van der Waals surface area contributed by atoms with E-state index in [-0.39, 0.29) is 0 Å². The van der Waals surface area contributed by atoms with Crippen molar-refractivity contribution < 1.29 is 4.74 Å². The van der Waals surface area contributed by atoms with Gasteiger partial charge in [0.2, 0.25) is 0 Å². The highest BCUT2D eigenvalue weighted by Gasteiger charge is 2.07. The van der Waals surface area contributed by atoms with Gasteiger partial charge in [-0.3, -0.25) is 0 Å². The molecule has 0 N–H and O–H groups in total. The number of hydrogen-bond acceptors (Lipinski definition) is 1. The minimum atomic E-state index is 0.454. The van der Waals surface area contributed by atoms with Crippen LogP contribution in [0.2, 0.25) is 5.02 Å². The second-order valence-corrected chi connectivity index (χ2v) is 3.96. The van der Waals surface area contributed by atoms with Crippen molar-refractivity contribution in [2.75, 3.05) is 6.61 Å². The standard InChI is InChI=1S/C13H17ClO/c1-4-6-10(3)11-7-8-13(15-5-2)12(14)9-11/h4,7-10H,1,5-6H2,2-3H3. The molecule has 1 aromatic carbocycles. The molecule has 1 nitrogen and oxygen atoms in total. The van der Waals surface area contributed by atoms with Crippen molar-refractivity contribution >= 4 is 11.6 Å². The van der Waals surface area contributed by atoms with E-state index in [0.29, 0.717) is 17.5 Å². The molecule has 0 aliphatic carbocycles. The quantitative estimate of drug-likeness (QED) is 0.673. The minimum Gasteiger partial charge on any atom is -0.492 e. The maximum Gasteiger partial charge on any atom is 0.137 e. The van der Waals surface area contributed by atoms with Crippen LogP contribution in [0.25, 0.3) is 0 Å². The highest BCUT2D eigenvalue weighted by Crippen LogP contribution is 2.29. The number of ether oxygens (including phenoxy) is 1. The summed E-state index contributed by atoms with van der Waals surface area (Å²) >= 11 is 6.10. The van der Waals surface area contributed by atoms with Crippen LogP contribution in [0.4, 0.5) is 0 Å². The first-order valence-corrected chi connectivity index (χ1v) is 5.60. The first kappa shape index (κ1) is 12.1. The Kier molecular flexibility index (Phi) is 4.70. The SMILES string of the molecule is C=CCC(C)c1ccc(OCC)c(Cl)c1. The van der Waals surface area contributed by atoms with Gasteiger partial charge in [-0.25, -0.2) is 0 Å². The Balaban J connectivity index is 2.85. The average Bonchev–Trinajstić information content (AvgIpc) is 2.21. The molecule has 1 unspecified atom stereocenters. The topological polar surface area (TPSA) is 9.23 Å². The van der Waals surface area contributed by atoms with Gasteiger partial charge in [-0.1, -0.05) is 30.7 Å². The lowest BCUT2D eigenvalue weighted by Gasteiger charge is -2.12. The van der Waals surface area contributed by atoms with E-state index in [1.807, 2.05) is 25.1 Å². The summed E-state index contributed by atoms with van der Waals surface area (Å²) in [7, 11) is 0. The maximum absolute atomic E-state index is 6.10. The van der Waals surface area contributed by atoms with Crippen molar-refractivity contribution in [1.29, 1.82) is 0 Å². The van der Waals surface area contributed by atoms with Crippen LogP contribution >= 0.6 is 11.6 Å². The van der Waals surface area contributed by atoms with Gasteiger partial charge in [-0.15, -0.1) is 6.58 Å². The van der Waals surface area contributed by atoms with Gasteiger partial charge in [0.25, 0.3) is 0 Å². The first-order chi connectivity index (χ1) is 7.19. The molecule has 0 aliphatic rings. The van der Waals surface area contributed by atoms with Crippen LogP contribution in [0.15, 0.2) is 30.9 Å². The molecule has 1 atom stereocenters. The van der Waals surface area contributed by atoms with E-state index < -0.39 is 0 Å². The summed E-state index contributed by atoms with van der Waals surface area (Å²) in [5, 5.41) is 0.685. The highest BCUT2D eigenvalue weighted by molar-refractivity contribution is 6.32. The molecule has 0 spiro atoms. The van der Waals surface area contributed by atoms with E-state index in [1.165, 1.54) is 5.56 Å². The monoisotopic (exact) mass is 224 g/mol. The molecule has 0 aromatic heterocycles. The molecule has 0 saturated heterocycles. The molecular formula is C13H17ClO. The van der Waals surface area contributed by atoms with E-state index in [9.17, 15) is 0 Å². The molecule has 0 radical (unpaired) electrons. The maximum atomic E-state index is 6.10. The summed E-state index contributed by atoms with van der Waals surface area (Å²) in [5.41, 5.74) is 1.23. The second-order valence-electron chi connectivity index (χ2n) is 3.55. The van der Waals surface area contributed by atoms with Gasteiger partial charge in [-0.2, -0.15) is 0 Å². The van der Waals surface area contributed by atoms with Crippen molar-refractivity contribution in [3.63, 3.8) is 0 Å². The Bertz CT molecular complexity index is 333. The molecule has 0 saturated carbocycles. The number of rotatable bonds is 5. The summed E-state index contributed by atoms with van der Waals surface area (Å²) in [6, 6.07) is 5.96. The molecule has 2 heteroatoms. The fraction of sp³-hybridized carbons (Fsp3) is 0.385. The van der Waals surface area contributed by atoms with E-state index in [4.69, 9.17) is 16.3 Å². The van der Waals surface area contributed by atoms with Crippen LogP contribution in [0.3, 0.4) is 0 Å². The molecule has 1 rings (SSSR count). The van der Waals surface area contributed by atoms with Gasteiger partial charge in [-0.05, 0) is 37.0 Å². The molecule has 0 fully saturated rings. The van der Waals surface area contributed by atoms with Gasteiger partial charge in [0, 0.05) is 0 Å². The van der Waals surface area contributed by atoms with Crippen LogP contribution in [-0.2, 0) is 0 Å². The number of hydrogen-bond donors (Lipinski definition) is 0. The van der Waals surface area contributed by atoms with E-state index >= 15 is 0 Å². The zero-order chi connectivity index (χ0) is 11.3. The molecule has 15 heavy (non-hydrogen) atoms. The minimum absolute atomic E-state index is 0.454. The Morgan fingerprint density at radius 2 is 2.27 bits per heavy atom. The normalized spacial score (nSPS) is 12.2. The summed E-state index contributed by atoms with van der Waals surface area (Å²) in [6.45, 7) is 8.49. The van der Waals surface area contributed by atoms with Crippen molar-refractivity contribution in [3.8, 4) is 5.75 Å². The van der Waals surface area contributed by atoms with Crippen LogP contribution in [0, 0.1) is 0 Å². The Labute approximate surface area is 96.7 Å². The Hall–Kier alpha value is -0.950. The molecule has 1 aromatic rings. The third kappa shape index (κ3) is 3.28. The number of benzene rings is 1. The molecule has 0 aliphatic heterocycles. The number of allylic oxidation sites excluding steroid dienone is 1. The predicted octanol–water partition coefficient (Wildman–Crippen LogP) is 4.42. The highest BCUT2D eigenvalue weighted by atomic mass is 35.5. The van der Waals surface area contributed by atoms with E-state index in [0.717, 1.165) is 12.2 Å². The van der Waals surface area contributed by atoms with Gasteiger partial charge in [0.1, 0.15) is 5.75 Å². The van der Waals surface area contributed by atoms with Crippen molar-refractivity contribution in [3.05, 3.63) is 41.4 Å². The fourth-order valence-corrected chi connectivity index (χ4v) is 1.73. The summed E-state index contributed by atoms with van der Waals surface area (Å²) in [6.07, 6.45) is 2.89. The van der Waals surface area contributed by atoms with Crippen molar-refractivity contribution in [1.82, 2.24) is 0 Å². The second kappa shape index (κ2) is 5.82. The van der Waals surface area contributed by atoms with Crippen LogP contribution in [0.5, 0.6) is 5.75 Å². The molecular weight excluding hydrogens is 208 g/mol. The Morgan fingerprint density at radius 1 is 1.53 bits per heavy atom. The zero-order valence-corrected chi connectivity index (χ0v) is 10.1. The van der Waals surface area contributed by atoms with Crippen LogP contribution < -0.4 is 4.74 Å².